The van der Waals surface area contributed by atoms with E-state index >= 15 is 0 Å². The average Bonchev–Trinajstić information content (AvgIpc) is 3.20. The third-order valence-electron chi connectivity index (χ3n) is 9.25. The van der Waals surface area contributed by atoms with Gasteiger partial charge in [0.15, 0.2) is 0 Å². The molecule has 3 N–H and O–H groups in total. The largest absolute Gasteiger partial charge is 0.507 e. The van der Waals surface area contributed by atoms with E-state index in [1.54, 1.807) is 38.1 Å². The first kappa shape index (κ1) is 47.1. The number of aromatic hydroxyl groups is 3. The van der Waals surface area contributed by atoms with Gasteiger partial charge < -0.3 is 15.3 Å². The Labute approximate surface area is 347 Å². The highest BCUT2D eigenvalue weighted by Crippen LogP contribution is 2.39. The molecular formula is C40H44O15S4. The SMILES string of the molecule is COOOSc1cc2cc(S(=O)(=O)OC)c(C)c(O)c2cc1C.COS(=O)(=O)c1cc2cc(C)ccc2c(O)c1C.COS(=O)(=O)c1cc2ccc(C)cc2c(O)c1C. The van der Waals surface area contributed by atoms with E-state index in [0.717, 1.165) is 50.1 Å². The van der Waals surface area contributed by atoms with E-state index in [9.17, 15) is 40.6 Å². The predicted octanol–water partition coefficient (Wildman–Crippen LogP) is 8.01. The molecule has 0 fully saturated rings. The second kappa shape index (κ2) is 18.8. The van der Waals surface area contributed by atoms with Crippen molar-refractivity contribution >= 4 is 74.7 Å². The van der Waals surface area contributed by atoms with Gasteiger partial charge in [0.2, 0.25) is 0 Å². The van der Waals surface area contributed by atoms with E-state index in [2.05, 4.69) is 22.5 Å². The van der Waals surface area contributed by atoms with Crippen molar-refractivity contribution in [3.05, 3.63) is 100 Å². The van der Waals surface area contributed by atoms with Crippen molar-refractivity contribution in [3.63, 3.8) is 0 Å². The molecule has 0 bridgehead atoms. The summed E-state index contributed by atoms with van der Waals surface area (Å²) in [6.45, 7) is 10.3. The smallest absolute Gasteiger partial charge is 0.297 e. The van der Waals surface area contributed by atoms with E-state index in [-0.39, 0.29) is 37.5 Å². The summed E-state index contributed by atoms with van der Waals surface area (Å²) in [5.41, 5.74) is 3.64. The van der Waals surface area contributed by atoms with Crippen molar-refractivity contribution < 1.29 is 67.4 Å². The van der Waals surface area contributed by atoms with Crippen LogP contribution in [0.15, 0.2) is 86.3 Å². The van der Waals surface area contributed by atoms with Gasteiger partial charge in [-0.15, -0.1) is 4.33 Å². The van der Waals surface area contributed by atoms with Crippen molar-refractivity contribution in [2.24, 2.45) is 0 Å². The Kier molecular flexibility index (Phi) is 15.0. The average molecular weight is 893 g/mol. The molecule has 6 aromatic rings. The zero-order valence-corrected chi connectivity index (χ0v) is 37.0. The molecule has 6 rings (SSSR count). The molecule has 19 heteroatoms. The molecule has 0 aliphatic carbocycles. The lowest BCUT2D eigenvalue weighted by molar-refractivity contribution is -0.447. The molecule has 0 spiro atoms. The first-order chi connectivity index (χ1) is 27.5. The maximum atomic E-state index is 12.0. The molecule has 15 nitrogen and oxygen atoms in total. The number of rotatable bonds is 10. The first-order valence-corrected chi connectivity index (χ1v) is 22.2. The van der Waals surface area contributed by atoms with Crippen molar-refractivity contribution in [1.82, 2.24) is 0 Å². The normalized spacial score (nSPS) is 12.0. The Morgan fingerprint density at radius 1 is 0.475 bits per heavy atom. The summed E-state index contributed by atoms with van der Waals surface area (Å²) in [6, 6.07) is 18.8. The fraction of sp³-hybridized carbons (Fsp3) is 0.250. The van der Waals surface area contributed by atoms with Crippen LogP contribution in [0.2, 0.25) is 0 Å². The minimum atomic E-state index is -3.93. The number of hydrogen-bond acceptors (Lipinski definition) is 16. The Hall–Kier alpha value is -4.54. The summed E-state index contributed by atoms with van der Waals surface area (Å²) in [6.07, 6.45) is 0. The minimum absolute atomic E-state index is 0.000556. The fourth-order valence-corrected chi connectivity index (χ4v) is 9.26. The van der Waals surface area contributed by atoms with Crippen LogP contribution in [0.4, 0.5) is 0 Å². The third-order valence-corrected chi connectivity index (χ3v) is 14.2. The van der Waals surface area contributed by atoms with Crippen LogP contribution in [0.3, 0.4) is 0 Å². The first-order valence-electron chi connectivity index (χ1n) is 17.2. The Balaban J connectivity index is 0.000000198. The minimum Gasteiger partial charge on any atom is -0.507 e. The van der Waals surface area contributed by atoms with Crippen LogP contribution in [0.25, 0.3) is 32.3 Å². The lowest BCUT2D eigenvalue weighted by Gasteiger charge is -2.13. The summed E-state index contributed by atoms with van der Waals surface area (Å²) >= 11 is 0.906. The van der Waals surface area contributed by atoms with Crippen molar-refractivity contribution in [2.45, 2.75) is 61.1 Å². The molecule has 0 aliphatic rings. The lowest BCUT2D eigenvalue weighted by atomic mass is 10.0. The number of phenols is 3. The topological polar surface area (TPSA) is 218 Å². The van der Waals surface area contributed by atoms with Crippen molar-refractivity contribution in [3.8, 4) is 17.2 Å². The van der Waals surface area contributed by atoms with Gasteiger partial charge in [-0.25, -0.2) is 4.89 Å². The van der Waals surface area contributed by atoms with Gasteiger partial charge in [-0.3, -0.25) is 12.5 Å². The van der Waals surface area contributed by atoms with Gasteiger partial charge in [0.25, 0.3) is 30.4 Å². The molecule has 0 aliphatic heterocycles. The maximum Gasteiger partial charge on any atom is 0.297 e. The number of hydrogen-bond donors (Lipinski definition) is 3. The summed E-state index contributed by atoms with van der Waals surface area (Å²) < 4.78 is 89.3. The number of aryl methyl sites for hydroxylation is 3. The second-order valence-corrected chi connectivity index (χ2v) is 18.9. The molecule has 0 atom stereocenters. The van der Waals surface area contributed by atoms with Crippen LogP contribution in [0, 0.1) is 41.5 Å². The van der Waals surface area contributed by atoms with Gasteiger partial charge in [-0.05, 0) is 99.7 Å². The molecule has 0 radical (unpaired) electrons. The molecular weight excluding hydrogens is 849 g/mol. The van der Waals surface area contributed by atoms with Crippen LogP contribution >= 0.6 is 12.0 Å². The molecule has 59 heavy (non-hydrogen) atoms. The van der Waals surface area contributed by atoms with Crippen LogP contribution < -0.4 is 0 Å². The van der Waals surface area contributed by atoms with Gasteiger partial charge in [-0.2, -0.15) is 25.3 Å². The fourth-order valence-electron chi connectivity index (χ4n) is 5.97. The molecule has 0 aromatic heterocycles. The second-order valence-electron chi connectivity index (χ2n) is 13.1. The standard InChI is InChI=1S/C14H16O7S2.2C13H14O4S/c1-8-5-11-10(6-12(8)22-21-20-18-3)7-13(9(2)14(11)15)23(16,17)19-4;1-8-4-5-11-10(6-8)7-12(9(2)13(11)14)18(15,16)17-3;1-8-4-5-10-7-12(18(15,16)17-3)9(2)13(14)11(10)6-8/h5-7,15H,1-4H3;2*4-7,14H,1-3H3. The van der Waals surface area contributed by atoms with Crippen molar-refractivity contribution in [1.29, 1.82) is 0 Å². The highest BCUT2D eigenvalue weighted by molar-refractivity contribution is 7.94. The summed E-state index contributed by atoms with van der Waals surface area (Å²) in [4.78, 5) is 4.92. The van der Waals surface area contributed by atoms with Crippen molar-refractivity contribution in [2.75, 3.05) is 28.4 Å². The van der Waals surface area contributed by atoms with E-state index in [1.165, 1.54) is 32.2 Å². The summed E-state index contributed by atoms with van der Waals surface area (Å²) in [5.74, 6) is -0.151. The highest BCUT2D eigenvalue weighted by atomic mass is 32.2. The Bertz CT molecular complexity index is 2890. The number of fused-ring (bicyclic) bond motifs is 3. The predicted molar refractivity (Wildman–Crippen MR) is 223 cm³/mol. The highest BCUT2D eigenvalue weighted by Gasteiger charge is 2.23. The Morgan fingerprint density at radius 2 is 0.881 bits per heavy atom. The zero-order chi connectivity index (χ0) is 44.2. The summed E-state index contributed by atoms with van der Waals surface area (Å²) in [5, 5.41) is 38.5. The van der Waals surface area contributed by atoms with Gasteiger partial charge in [0, 0.05) is 37.7 Å². The zero-order valence-electron chi connectivity index (χ0n) is 33.7. The third kappa shape index (κ3) is 10.3. The number of phenolic OH excluding ortho intramolecular Hbond substituents is 3. The molecule has 0 saturated heterocycles. The molecule has 0 unspecified atom stereocenters. The van der Waals surface area contributed by atoms with E-state index < -0.39 is 30.4 Å². The molecule has 0 saturated carbocycles. The van der Waals surface area contributed by atoms with Crippen LogP contribution in [-0.2, 0) is 57.2 Å². The lowest BCUT2D eigenvalue weighted by Crippen LogP contribution is -2.05. The molecule has 318 valence electrons. The monoisotopic (exact) mass is 892 g/mol. The van der Waals surface area contributed by atoms with Crippen LogP contribution in [0.5, 0.6) is 17.2 Å². The maximum absolute atomic E-state index is 12.0. The van der Waals surface area contributed by atoms with Crippen LogP contribution in [-0.4, -0.2) is 69.0 Å². The van der Waals surface area contributed by atoms with Crippen LogP contribution in [0.1, 0.15) is 33.4 Å². The molecule has 0 heterocycles. The summed E-state index contributed by atoms with van der Waals surface area (Å²) in [7, 11) is -6.98. The van der Waals surface area contributed by atoms with E-state index in [0.29, 0.717) is 48.3 Å². The Morgan fingerprint density at radius 3 is 1.36 bits per heavy atom. The van der Waals surface area contributed by atoms with E-state index in [1.807, 2.05) is 45.0 Å². The number of benzene rings is 6. The van der Waals surface area contributed by atoms with Gasteiger partial charge in [-0.1, -0.05) is 46.5 Å². The van der Waals surface area contributed by atoms with Gasteiger partial charge >= 0.3 is 0 Å². The van der Waals surface area contributed by atoms with Gasteiger partial charge in [0.1, 0.15) is 31.9 Å². The molecule has 6 aromatic carbocycles. The van der Waals surface area contributed by atoms with E-state index in [4.69, 9.17) is 4.33 Å². The quantitative estimate of drug-likeness (QED) is 0.0390. The molecule has 0 amide bonds. The van der Waals surface area contributed by atoms with Gasteiger partial charge in [0.05, 0.1) is 40.5 Å².